The second-order valence-corrected chi connectivity index (χ2v) is 3.26. The summed E-state index contributed by atoms with van der Waals surface area (Å²) in [6.45, 7) is 5.83. The third-order valence-corrected chi connectivity index (χ3v) is 2.29. The monoisotopic (exact) mass is 206 g/mol. The van der Waals surface area contributed by atoms with Crippen molar-refractivity contribution in [2.24, 2.45) is 0 Å². The topological polar surface area (TPSA) is 68.2 Å². The summed E-state index contributed by atoms with van der Waals surface area (Å²) in [5.41, 5.74) is 7.44. The van der Waals surface area contributed by atoms with Gasteiger partial charge >= 0.3 is 0 Å². The van der Waals surface area contributed by atoms with E-state index in [9.17, 15) is 0 Å². The molecule has 0 aromatic carbocycles. The fourth-order valence-electron chi connectivity index (χ4n) is 1.45. The Morgan fingerprint density at radius 2 is 2.13 bits per heavy atom. The smallest absolute Gasteiger partial charge is 0.299 e. The summed E-state index contributed by atoms with van der Waals surface area (Å²) in [6.07, 6.45) is 1.58. The van der Waals surface area contributed by atoms with E-state index in [4.69, 9.17) is 10.2 Å². The lowest BCUT2D eigenvalue weighted by molar-refractivity contribution is 0.576. The van der Waals surface area contributed by atoms with Crippen LogP contribution < -0.4 is 10.6 Å². The van der Waals surface area contributed by atoms with Gasteiger partial charge in [-0.2, -0.15) is 4.98 Å². The fourth-order valence-corrected chi connectivity index (χ4v) is 1.45. The van der Waals surface area contributed by atoms with Crippen LogP contribution in [0, 0.1) is 0 Å². The van der Waals surface area contributed by atoms with Gasteiger partial charge in [0.05, 0.1) is 11.9 Å². The molecule has 0 saturated heterocycles. The molecule has 0 fully saturated rings. The van der Waals surface area contributed by atoms with Crippen LogP contribution in [0.2, 0.25) is 0 Å². The van der Waals surface area contributed by atoms with Crippen LogP contribution in [0.1, 0.15) is 13.8 Å². The molecule has 0 spiro atoms. The van der Waals surface area contributed by atoms with Crippen molar-refractivity contribution in [3.8, 4) is 0 Å². The number of hydrogen-bond acceptors (Lipinski definition) is 5. The largest absolute Gasteiger partial charge is 0.422 e. The quantitative estimate of drug-likeness (QED) is 0.827. The van der Waals surface area contributed by atoms with Crippen molar-refractivity contribution in [1.82, 2.24) is 9.97 Å². The number of rotatable bonds is 3. The second-order valence-electron chi connectivity index (χ2n) is 3.26. The van der Waals surface area contributed by atoms with Crippen LogP contribution in [0.15, 0.2) is 16.7 Å². The van der Waals surface area contributed by atoms with Crippen LogP contribution in [0.3, 0.4) is 0 Å². The first-order chi connectivity index (χ1) is 7.24. The molecule has 15 heavy (non-hydrogen) atoms. The Hall–Kier alpha value is -1.78. The predicted octanol–water partition coefficient (Wildman–Crippen LogP) is 1.65. The maximum atomic E-state index is 5.61. The van der Waals surface area contributed by atoms with E-state index in [0.717, 1.165) is 13.1 Å². The van der Waals surface area contributed by atoms with E-state index in [-0.39, 0.29) is 0 Å². The normalized spacial score (nSPS) is 10.8. The lowest BCUT2D eigenvalue weighted by atomic mass is 10.4. The summed E-state index contributed by atoms with van der Waals surface area (Å²) in [6, 6.07) is 2.34. The number of nitrogens with zero attached hydrogens (tertiary/aromatic N) is 3. The van der Waals surface area contributed by atoms with Gasteiger partial charge in [-0.15, -0.1) is 0 Å². The molecule has 2 heterocycles. The van der Waals surface area contributed by atoms with Gasteiger partial charge in [0.1, 0.15) is 0 Å². The molecule has 0 radical (unpaired) electrons. The van der Waals surface area contributed by atoms with E-state index in [1.807, 2.05) is 4.90 Å². The van der Waals surface area contributed by atoms with Crippen molar-refractivity contribution in [3.05, 3.63) is 12.3 Å². The standard InChI is InChI=1S/C10H14N4O/c1-3-14(4-2)10-13-9-8(15-10)5-7(11)6-12-9/h5-6H,3-4,11H2,1-2H3. The van der Waals surface area contributed by atoms with E-state index in [0.29, 0.717) is 22.9 Å². The number of aromatic nitrogens is 2. The highest BCUT2D eigenvalue weighted by Gasteiger charge is 2.11. The molecule has 80 valence electrons. The Kier molecular flexibility index (Phi) is 2.45. The molecular weight excluding hydrogens is 192 g/mol. The van der Waals surface area contributed by atoms with Gasteiger partial charge in [-0.3, -0.25) is 0 Å². The zero-order chi connectivity index (χ0) is 10.8. The molecular formula is C10H14N4O. The van der Waals surface area contributed by atoms with Crippen LogP contribution in [0.25, 0.3) is 11.2 Å². The molecule has 0 bridgehead atoms. The fraction of sp³-hybridized carbons (Fsp3) is 0.400. The average molecular weight is 206 g/mol. The van der Waals surface area contributed by atoms with Gasteiger partial charge in [-0.05, 0) is 13.8 Å². The molecule has 2 aromatic heterocycles. The van der Waals surface area contributed by atoms with Gasteiger partial charge in [0, 0.05) is 19.2 Å². The van der Waals surface area contributed by atoms with Crippen molar-refractivity contribution in [1.29, 1.82) is 0 Å². The van der Waals surface area contributed by atoms with Crippen molar-refractivity contribution in [2.45, 2.75) is 13.8 Å². The highest BCUT2D eigenvalue weighted by atomic mass is 16.4. The third kappa shape index (κ3) is 1.72. The highest BCUT2D eigenvalue weighted by Crippen LogP contribution is 2.21. The van der Waals surface area contributed by atoms with Crippen LogP contribution >= 0.6 is 0 Å². The van der Waals surface area contributed by atoms with Gasteiger partial charge in [0.2, 0.25) is 5.65 Å². The van der Waals surface area contributed by atoms with Crippen molar-refractivity contribution < 1.29 is 4.42 Å². The van der Waals surface area contributed by atoms with Gasteiger partial charge in [0.25, 0.3) is 6.01 Å². The molecule has 5 heteroatoms. The van der Waals surface area contributed by atoms with Crippen molar-refractivity contribution in [2.75, 3.05) is 23.7 Å². The van der Waals surface area contributed by atoms with Crippen molar-refractivity contribution in [3.63, 3.8) is 0 Å². The van der Waals surface area contributed by atoms with E-state index < -0.39 is 0 Å². The maximum Gasteiger partial charge on any atom is 0.299 e. The van der Waals surface area contributed by atoms with E-state index >= 15 is 0 Å². The van der Waals surface area contributed by atoms with Crippen molar-refractivity contribution >= 4 is 22.9 Å². The number of fused-ring (bicyclic) bond motifs is 1. The maximum absolute atomic E-state index is 5.61. The summed E-state index contributed by atoms with van der Waals surface area (Å²) in [7, 11) is 0. The van der Waals surface area contributed by atoms with E-state index in [2.05, 4.69) is 23.8 Å². The van der Waals surface area contributed by atoms with Crippen LogP contribution in [-0.4, -0.2) is 23.1 Å². The Morgan fingerprint density at radius 1 is 1.40 bits per heavy atom. The van der Waals surface area contributed by atoms with Gasteiger partial charge in [-0.25, -0.2) is 4.98 Å². The molecule has 0 amide bonds. The first kappa shape index (κ1) is 9.76. The number of hydrogen-bond donors (Lipinski definition) is 1. The molecule has 2 aromatic rings. The summed E-state index contributed by atoms with van der Waals surface area (Å²) >= 11 is 0. The molecule has 0 aliphatic heterocycles. The Labute approximate surface area is 87.9 Å². The minimum atomic E-state index is 0.588. The first-order valence-corrected chi connectivity index (χ1v) is 5.01. The summed E-state index contributed by atoms with van der Waals surface area (Å²) < 4.78 is 5.57. The molecule has 0 saturated carbocycles. The number of nitrogen functional groups attached to an aromatic ring is 1. The van der Waals surface area contributed by atoms with Gasteiger partial charge in [-0.1, -0.05) is 0 Å². The second kappa shape index (κ2) is 3.76. The zero-order valence-electron chi connectivity index (χ0n) is 8.90. The Bertz CT molecular complexity index is 461. The minimum Gasteiger partial charge on any atom is -0.422 e. The van der Waals surface area contributed by atoms with E-state index in [1.165, 1.54) is 0 Å². The van der Waals surface area contributed by atoms with Crippen LogP contribution in [0.5, 0.6) is 0 Å². The van der Waals surface area contributed by atoms with Crippen LogP contribution in [-0.2, 0) is 0 Å². The number of nitrogens with two attached hydrogens (primary N) is 1. The lowest BCUT2D eigenvalue weighted by Crippen LogP contribution is -2.21. The van der Waals surface area contributed by atoms with Crippen LogP contribution in [0.4, 0.5) is 11.7 Å². The summed E-state index contributed by atoms with van der Waals surface area (Å²) in [5, 5.41) is 0. The Morgan fingerprint density at radius 3 is 2.80 bits per heavy atom. The summed E-state index contributed by atoms with van der Waals surface area (Å²) in [4.78, 5) is 10.4. The minimum absolute atomic E-state index is 0.588. The third-order valence-electron chi connectivity index (χ3n) is 2.29. The molecule has 2 rings (SSSR count). The number of pyridine rings is 1. The van der Waals surface area contributed by atoms with Gasteiger partial charge < -0.3 is 15.1 Å². The number of anilines is 2. The molecule has 0 atom stereocenters. The molecule has 0 unspecified atom stereocenters. The molecule has 5 nitrogen and oxygen atoms in total. The predicted molar refractivity (Wildman–Crippen MR) is 59.8 cm³/mol. The molecule has 0 aliphatic carbocycles. The molecule has 2 N–H and O–H groups in total. The summed E-state index contributed by atoms with van der Waals surface area (Å²) in [5.74, 6) is 0. The van der Waals surface area contributed by atoms with Gasteiger partial charge in [0.15, 0.2) is 5.58 Å². The SMILES string of the molecule is CCN(CC)c1nc2ncc(N)cc2o1. The molecule has 0 aliphatic rings. The average Bonchev–Trinajstić information content (AvgIpc) is 2.62. The Balaban J connectivity index is 2.46. The highest BCUT2D eigenvalue weighted by molar-refractivity contribution is 5.73. The first-order valence-electron chi connectivity index (χ1n) is 5.01. The van der Waals surface area contributed by atoms with E-state index in [1.54, 1.807) is 12.3 Å². The lowest BCUT2D eigenvalue weighted by Gasteiger charge is -2.14. The number of oxazole rings is 1. The zero-order valence-corrected chi connectivity index (χ0v) is 8.90.